The van der Waals surface area contributed by atoms with Crippen molar-refractivity contribution in [2.24, 2.45) is 11.7 Å². The Hall–Kier alpha value is -3.94. The first-order chi connectivity index (χ1) is 20.4. The third kappa shape index (κ3) is 5.48. The minimum atomic E-state index is -5.00. The van der Waals surface area contributed by atoms with Gasteiger partial charge in [-0.3, -0.25) is 19.1 Å². The maximum atomic E-state index is 15.4. The average molecular weight is 605 g/mol. The monoisotopic (exact) mass is 604 g/mol. The lowest BCUT2D eigenvalue weighted by atomic mass is 9.95. The molecule has 2 N–H and O–H groups in total. The summed E-state index contributed by atoms with van der Waals surface area (Å²) < 4.78 is 59.5. The standard InChI is InChI=1S/C29H36F4N8O2/c1-5-22(42)38-10-12-39(13-11-38)26-19-14-21(29(31,32)33)41(25-17(4)8-9-20(34)23(25)30)27(43)24(19)35-28(36-26)40-15-18(16-40)37(6-2)7-3/h5,9,14,17-18H,1,6-8,10-13,15-16,34H2,2-4H3. The molecule has 10 nitrogen and oxygen atoms in total. The highest BCUT2D eigenvalue weighted by Gasteiger charge is 2.40. The van der Waals surface area contributed by atoms with Gasteiger partial charge in [-0.05, 0) is 31.7 Å². The van der Waals surface area contributed by atoms with Gasteiger partial charge in [0.2, 0.25) is 11.9 Å². The number of amides is 1. The molecule has 2 saturated heterocycles. The number of nitrogens with zero attached hydrogens (tertiary/aromatic N) is 7. The summed E-state index contributed by atoms with van der Waals surface area (Å²) in [5, 5.41) is -0.0883. The van der Waals surface area contributed by atoms with Gasteiger partial charge in [-0.25, -0.2) is 9.37 Å². The van der Waals surface area contributed by atoms with E-state index in [1.165, 1.54) is 12.2 Å². The number of alkyl halides is 3. The zero-order chi connectivity index (χ0) is 31.2. The van der Waals surface area contributed by atoms with Crippen LogP contribution in [0.15, 0.2) is 41.1 Å². The molecule has 1 aliphatic carbocycles. The molecule has 4 heterocycles. The van der Waals surface area contributed by atoms with Crippen LogP contribution < -0.4 is 21.1 Å². The van der Waals surface area contributed by atoms with Gasteiger partial charge in [-0.15, -0.1) is 0 Å². The van der Waals surface area contributed by atoms with Crippen LogP contribution in [0.2, 0.25) is 0 Å². The molecule has 2 aromatic heterocycles. The predicted molar refractivity (Wildman–Crippen MR) is 157 cm³/mol. The minimum absolute atomic E-state index is 0.0883. The van der Waals surface area contributed by atoms with Gasteiger partial charge in [0.05, 0.1) is 16.8 Å². The van der Waals surface area contributed by atoms with Crippen molar-refractivity contribution in [1.29, 1.82) is 0 Å². The molecular weight excluding hydrogens is 568 g/mol. The fourth-order valence-corrected chi connectivity index (χ4v) is 6.03. The fourth-order valence-electron chi connectivity index (χ4n) is 6.03. The highest BCUT2D eigenvalue weighted by molar-refractivity contribution is 5.92. The molecule has 0 saturated carbocycles. The van der Waals surface area contributed by atoms with Crippen LogP contribution in [-0.2, 0) is 11.0 Å². The molecule has 3 aliphatic rings. The van der Waals surface area contributed by atoms with E-state index in [-0.39, 0.29) is 59.8 Å². The Morgan fingerprint density at radius 1 is 1.14 bits per heavy atom. The van der Waals surface area contributed by atoms with Crippen LogP contribution >= 0.6 is 0 Å². The lowest BCUT2D eigenvalue weighted by Gasteiger charge is -2.45. The molecule has 2 fully saturated rings. The first-order valence-electron chi connectivity index (χ1n) is 14.5. The molecule has 14 heteroatoms. The maximum Gasteiger partial charge on any atom is 0.431 e. The van der Waals surface area contributed by atoms with Gasteiger partial charge in [0.1, 0.15) is 17.0 Å². The molecular formula is C29H36F4N8O2. The van der Waals surface area contributed by atoms with Gasteiger partial charge in [-0.2, -0.15) is 18.2 Å². The summed E-state index contributed by atoms with van der Waals surface area (Å²) in [6, 6.07) is 1.07. The molecule has 43 heavy (non-hydrogen) atoms. The molecule has 2 aromatic rings. The molecule has 0 spiro atoms. The lowest BCUT2D eigenvalue weighted by molar-refractivity contribution is -0.142. The summed E-state index contributed by atoms with van der Waals surface area (Å²) in [5.74, 6) is -1.68. The van der Waals surface area contributed by atoms with Gasteiger partial charge in [-0.1, -0.05) is 33.4 Å². The summed E-state index contributed by atoms with van der Waals surface area (Å²) in [7, 11) is 0. The largest absolute Gasteiger partial charge is 0.431 e. The van der Waals surface area contributed by atoms with E-state index < -0.39 is 34.9 Å². The molecule has 232 valence electrons. The number of likely N-dealkylation sites (N-methyl/N-ethyl adjacent to an activating group) is 1. The molecule has 0 bridgehead atoms. The van der Waals surface area contributed by atoms with Crippen molar-refractivity contribution in [2.45, 2.75) is 39.4 Å². The smallest absolute Gasteiger partial charge is 0.397 e. The number of piperazine rings is 1. The number of carbonyl (C=O) groups excluding carboxylic acids is 1. The van der Waals surface area contributed by atoms with Gasteiger partial charge in [0.15, 0.2) is 5.83 Å². The van der Waals surface area contributed by atoms with Gasteiger partial charge in [0, 0.05) is 51.2 Å². The van der Waals surface area contributed by atoms with Crippen molar-refractivity contribution in [3.8, 4) is 0 Å². The van der Waals surface area contributed by atoms with E-state index in [1.807, 2.05) is 4.90 Å². The second-order valence-corrected chi connectivity index (χ2v) is 11.1. The Kier molecular flexibility index (Phi) is 8.25. The lowest BCUT2D eigenvalue weighted by Crippen LogP contribution is -2.60. The van der Waals surface area contributed by atoms with Crippen LogP contribution in [-0.4, -0.2) is 88.6 Å². The third-order valence-electron chi connectivity index (χ3n) is 8.55. The minimum Gasteiger partial charge on any atom is -0.397 e. The molecule has 1 atom stereocenters. The van der Waals surface area contributed by atoms with E-state index in [0.29, 0.717) is 30.7 Å². The van der Waals surface area contributed by atoms with Crippen LogP contribution in [0.25, 0.3) is 16.6 Å². The van der Waals surface area contributed by atoms with E-state index in [9.17, 15) is 22.8 Å². The van der Waals surface area contributed by atoms with Crippen LogP contribution in [0.5, 0.6) is 0 Å². The van der Waals surface area contributed by atoms with E-state index in [0.717, 1.165) is 19.2 Å². The third-order valence-corrected chi connectivity index (χ3v) is 8.55. The number of aromatic nitrogens is 3. The summed E-state index contributed by atoms with van der Waals surface area (Å²) in [5.41, 5.74) is 2.33. The number of allylic oxidation sites excluding steroid dienone is 3. The number of pyridine rings is 1. The second-order valence-electron chi connectivity index (χ2n) is 11.1. The summed E-state index contributed by atoms with van der Waals surface area (Å²) in [4.78, 5) is 42.9. The van der Waals surface area contributed by atoms with Crippen LogP contribution in [0.1, 0.15) is 32.9 Å². The summed E-state index contributed by atoms with van der Waals surface area (Å²) in [6.45, 7) is 13.2. The normalized spacial score (nSPS) is 20.1. The number of hydrogen-bond donors (Lipinski definition) is 1. The molecule has 2 aliphatic heterocycles. The highest BCUT2D eigenvalue weighted by Crippen LogP contribution is 2.39. The van der Waals surface area contributed by atoms with E-state index in [4.69, 9.17) is 10.7 Å². The van der Waals surface area contributed by atoms with Gasteiger partial charge >= 0.3 is 6.18 Å². The molecule has 0 radical (unpaired) electrons. The zero-order valence-corrected chi connectivity index (χ0v) is 24.5. The van der Waals surface area contributed by atoms with Crippen molar-refractivity contribution in [3.63, 3.8) is 0 Å². The van der Waals surface area contributed by atoms with Crippen molar-refractivity contribution >= 4 is 34.3 Å². The number of hydrogen-bond acceptors (Lipinski definition) is 8. The molecule has 1 unspecified atom stereocenters. The molecule has 1 amide bonds. The van der Waals surface area contributed by atoms with Crippen LogP contribution in [0.4, 0.5) is 29.3 Å². The first-order valence-corrected chi connectivity index (χ1v) is 14.5. The number of anilines is 2. The zero-order valence-electron chi connectivity index (χ0n) is 24.5. The molecule has 5 rings (SSSR count). The Labute approximate surface area is 246 Å². The quantitative estimate of drug-likeness (QED) is 0.380. The van der Waals surface area contributed by atoms with Crippen LogP contribution in [0.3, 0.4) is 0 Å². The first kappa shape index (κ1) is 30.5. The number of rotatable bonds is 7. The Balaban J connectivity index is 1.70. The summed E-state index contributed by atoms with van der Waals surface area (Å²) >= 11 is 0. The Morgan fingerprint density at radius 2 is 1.79 bits per heavy atom. The topological polar surface area (TPSA) is 104 Å². The SMILES string of the molecule is C=CC(=O)N1CCN(c2nc(N3CC(N(CC)CC)C3)nc3c(=O)n(C4=C(F)C(N)=CCC4C)c(C(F)(F)F)cc23)CC1. The number of fused-ring (bicyclic) bond motifs is 1. The van der Waals surface area contributed by atoms with E-state index >= 15 is 4.39 Å². The molecule has 0 aromatic carbocycles. The second kappa shape index (κ2) is 11.6. The Bertz CT molecular complexity index is 1550. The van der Waals surface area contributed by atoms with E-state index in [2.05, 4.69) is 30.3 Å². The van der Waals surface area contributed by atoms with E-state index in [1.54, 1.807) is 16.7 Å². The predicted octanol–water partition coefficient (Wildman–Crippen LogP) is 3.20. The fraction of sp³-hybridized carbons (Fsp3) is 0.517. The van der Waals surface area contributed by atoms with Crippen LogP contribution in [0, 0.1) is 5.92 Å². The van der Waals surface area contributed by atoms with Crippen molar-refractivity contribution in [1.82, 2.24) is 24.3 Å². The van der Waals surface area contributed by atoms with Gasteiger partial charge < -0.3 is 20.4 Å². The Morgan fingerprint density at radius 3 is 2.37 bits per heavy atom. The number of nitrogens with two attached hydrogens (primary N) is 1. The average Bonchev–Trinajstić information content (AvgIpc) is 2.96. The highest BCUT2D eigenvalue weighted by atomic mass is 19.4. The van der Waals surface area contributed by atoms with Crippen molar-refractivity contribution < 1.29 is 22.4 Å². The number of halogens is 4. The number of carbonyl (C=O) groups is 1. The van der Waals surface area contributed by atoms with Crippen molar-refractivity contribution in [2.75, 3.05) is 62.2 Å². The van der Waals surface area contributed by atoms with Crippen molar-refractivity contribution in [3.05, 3.63) is 52.4 Å². The maximum absolute atomic E-state index is 15.4. The summed E-state index contributed by atoms with van der Waals surface area (Å²) in [6.07, 6.45) is -2.22. The van der Waals surface area contributed by atoms with Gasteiger partial charge in [0.25, 0.3) is 5.56 Å².